The first-order valence-corrected chi connectivity index (χ1v) is 5.60. The molecular weight excluding hydrogens is 192 g/mol. The molecular formula is C16H16. The number of aryl methyl sites for hydroxylation is 1. The fourth-order valence-electron chi connectivity index (χ4n) is 1.97. The second-order valence-corrected chi connectivity index (χ2v) is 3.88. The van der Waals surface area contributed by atoms with Crippen LogP contribution in [0.15, 0.2) is 60.7 Å². The van der Waals surface area contributed by atoms with Crippen LogP contribution >= 0.6 is 0 Å². The first kappa shape index (κ1) is 10.7. The zero-order valence-electron chi connectivity index (χ0n) is 9.77. The van der Waals surface area contributed by atoms with E-state index in [0.717, 1.165) is 0 Å². The predicted molar refractivity (Wildman–Crippen MR) is 70.4 cm³/mol. The van der Waals surface area contributed by atoms with E-state index in [1.165, 1.54) is 22.3 Å². The summed E-state index contributed by atoms with van der Waals surface area (Å²) in [5, 5.41) is 0. The first-order chi connectivity index (χ1) is 7.83. The Morgan fingerprint density at radius 1 is 0.875 bits per heavy atom. The van der Waals surface area contributed by atoms with E-state index < -0.39 is 0 Å². The summed E-state index contributed by atoms with van der Waals surface area (Å²) in [5.74, 6) is 0. The van der Waals surface area contributed by atoms with Crippen LogP contribution in [0.25, 0.3) is 5.57 Å². The molecule has 0 fully saturated rings. The van der Waals surface area contributed by atoms with Gasteiger partial charge in [-0.2, -0.15) is 0 Å². The Balaban J connectivity index is 2.51. The van der Waals surface area contributed by atoms with Gasteiger partial charge in [-0.15, -0.1) is 0 Å². The largest absolute Gasteiger partial charge is 0.0792 e. The van der Waals surface area contributed by atoms with Crippen molar-refractivity contribution in [1.82, 2.24) is 0 Å². The SMILES string of the molecule is C/C=C(\c1ccccc1)c1ccccc1C. The fraction of sp³-hybridized carbons (Fsp3) is 0.125. The summed E-state index contributed by atoms with van der Waals surface area (Å²) in [6, 6.07) is 19.0. The van der Waals surface area contributed by atoms with Crippen molar-refractivity contribution in [2.75, 3.05) is 0 Å². The van der Waals surface area contributed by atoms with Crippen molar-refractivity contribution in [3.05, 3.63) is 77.4 Å². The van der Waals surface area contributed by atoms with Crippen LogP contribution in [-0.4, -0.2) is 0 Å². The van der Waals surface area contributed by atoms with Crippen LogP contribution in [0.3, 0.4) is 0 Å². The zero-order chi connectivity index (χ0) is 11.4. The molecule has 0 heterocycles. The lowest BCUT2D eigenvalue weighted by Gasteiger charge is -2.10. The topological polar surface area (TPSA) is 0 Å². The van der Waals surface area contributed by atoms with E-state index in [9.17, 15) is 0 Å². The summed E-state index contributed by atoms with van der Waals surface area (Å²) in [6.07, 6.45) is 2.18. The highest BCUT2D eigenvalue weighted by Crippen LogP contribution is 2.25. The molecule has 0 nitrogen and oxygen atoms in total. The summed E-state index contributed by atoms with van der Waals surface area (Å²) >= 11 is 0. The van der Waals surface area contributed by atoms with E-state index in [2.05, 4.69) is 74.5 Å². The van der Waals surface area contributed by atoms with Crippen molar-refractivity contribution in [2.45, 2.75) is 13.8 Å². The first-order valence-electron chi connectivity index (χ1n) is 5.60. The molecule has 0 amide bonds. The lowest BCUT2D eigenvalue weighted by Crippen LogP contribution is -1.90. The van der Waals surface area contributed by atoms with Crippen LogP contribution < -0.4 is 0 Å². The van der Waals surface area contributed by atoms with Gasteiger partial charge in [0.2, 0.25) is 0 Å². The third kappa shape index (κ3) is 2.06. The quantitative estimate of drug-likeness (QED) is 0.684. The summed E-state index contributed by atoms with van der Waals surface area (Å²) in [5.41, 5.74) is 5.22. The monoisotopic (exact) mass is 208 g/mol. The Morgan fingerprint density at radius 2 is 1.50 bits per heavy atom. The van der Waals surface area contributed by atoms with Gasteiger partial charge >= 0.3 is 0 Å². The highest BCUT2D eigenvalue weighted by molar-refractivity contribution is 5.80. The standard InChI is InChI=1S/C16H16/c1-3-15(14-10-5-4-6-11-14)16-12-8-7-9-13(16)2/h3-12H,1-2H3/b15-3+. The van der Waals surface area contributed by atoms with Crippen LogP contribution in [0.1, 0.15) is 23.6 Å². The van der Waals surface area contributed by atoms with Crippen LogP contribution in [0, 0.1) is 6.92 Å². The minimum atomic E-state index is 1.28. The summed E-state index contributed by atoms with van der Waals surface area (Å²) in [6.45, 7) is 4.25. The second-order valence-electron chi connectivity index (χ2n) is 3.88. The van der Waals surface area contributed by atoms with Gasteiger partial charge in [0.05, 0.1) is 0 Å². The molecule has 0 saturated heterocycles. The molecule has 2 aromatic carbocycles. The summed E-state index contributed by atoms with van der Waals surface area (Å²) < 4.78 is 0. The Morgan fingerprint density at radius 3 is 2.12 bits per heavy atom. The number of benzene rings is 2. The van der Waals surface area contributed by atoms with Gasteiger partial charge in [-0.25, -0.2) is 0 Å². The normalized spacial score (nSPS) is 11.5. The maximum absolute atomic E-state index is 2.18. The third-order valence-corrected chi connectivity index (χ3v) is 2.81. The number of allylic oxidation sites excluding steroid dienone is 1. The number of hydrogen-bond acceptors (Lipinski definition) is 0. The molecule has 0 aliphatic heterocycles. The van der Waals surface area contributed by atoms with Crippen LogP contribution in [-0.2, 0) is 0 Å². The van der Waals surface area contributed by atoms with Crippen molar-refractivity contribution < 1.29 is 0 Å². The number of hydrogen-bond donors (Lipinski definition) is 0. The highest BCUT2D eigenvalue weighted by Gasteiger charge is 2.05. The van der Waals surface area contributed by atoms with Crippen LogP contribution in [0.4, 0.5) is 0 Å². The molecule has 16 heavy (non-hydrogen) atoms. The van der Waals surface area contributed by atoms with E-state index in [1.807, 2.05) is 0 Å². The maximum Gasteiger partial charge on any atom is -0.0152 e. The second kappa shape index (κ2) is 4.80. The van der Waals surface area contributed by atoms with E-state index in [-0.39, 0.29) is 0 Å². The van der Waals surface area contributed by atoms with Gasteiger partial charge in [-0.1, -0.05) is 60.7 Å². The maximum atomic E-state index is 2.18. The molecule has 0 aliphatic rings. The molecule has 0 N–H and O–H groups in total. The Hall–Kier alpha value is -1.82. The highest BCUT2D eigenvalue weighted by atomic mass is 14.1. The van der Waals surface area contributed by atoms with Gasteiger partial charge in [0, 0.05) is 0 Å². The lowest BCUT2D eigenvalue weighted by molar-refractivity contribution is 1.41. The average Bonchev–Trinajstić information content (AvgIpc) is 2.34. The van der Waals surface area contributed by atoms with Crippen molar-refractivity contribution in [3.63, 3.8) is 0 Å². The van der Waals surface area contributed by atoms with Gasteiger partial charge in [0.1, 0.15) is 0 Å². The zero-order valence-corrected chi connectivity index (χ0v) is 9.77. The van der Waals surface area contributed by atoms with Gasteiger partial charge in [0.15, 0.2) is 0 Å². The minimum Gasteiger partial charge on any atom is -0.0792 e. The van der Waals surface area contributed by atoms with Crippen LogP contribution in [0.2, 0.25) is 0 Å². The van der Waals surface area contributed by atoms with Gasteiger partial charge in [0.25, 0.3) is 0 Å². The van der Waals surface area contributed by atoms with E-state index in [1.54, 1.807) is 0 Å². The van der Waals surface area contributed by atoms with Crippen molar-refractivity contribution in [3.8, 4) is 0 Å². The molecule has 0 atom stereocenters. The molecule has 2 rings (SSSR count). The van der Waals surface area contributed by atoms with Crippen LogP contribution in [0.5, 0.6) is 0 Å². The third-order valence-electron chi connectivity index (χ3n) is 2.81. The molecule has 0 radical (unpaired) electrons. The molecule has 0 unspecified atom stereocenters. The number of rotatable bonds is 2. The molecule has 0 aliphatic carbocycles. The minimum absolute atomic E-state index is 1.28. The summed E-state index contributed by atoms with van der Waals surface area (Å²) in [4.78, 5) is 0. The Labute approximate surface area is 97.3 Å². The smallest absolute Gasteiger partial charge is 0.0152 e. The van der Waals surface area contributed by atoms with E-state index >= 15 is 0 Å². The lowest BCUT2D eigenvalue weighted by atomic mass is 9.94. The average molecular weight is 208 g/mol. The summed E-state index contributed by atoms with van der Waals surface area (Å²) in [7, 11) is 0. The van der Waals surface area contributed by atoms with Gasteiger partial charge in [-0.05, 0) is 36.1 Å². The molecule has 2 aromatic rings. The van der Waals surface area contributed by atoms with Crippen molar-refractivity contribution in [1.29, 1.82) is 0 Å². The molecule has 0 bridgehead atoms. The molecule has 80 valence electrons. The van der Waals surface area contributed by atoms with E-state index in [0.29, 0.717) is 0 Å². The molecule has 0 heteroatoms. The fourth-order valence-corrected chi connectivity index (χ4v) is 1.97. The van der Waals surface area contributed by atoms with E-state index in [4.69, 9.17) is 0 Å². The molecule has 0 saturated carbocycles. The van der Waals surface area contributed by atoms with Gasteiger partial charge < -0.3 is 0 Å². The molecule has 0 spiro atoms. The van der Waals surface area contributed by atoms with Crippen molar-refractivity contribution >= 4 is 5.57 Å². The molecule has 0 aromatic heterocycles. The Kier molecular flexibility index (Phi) is 3.21. The Bertz CT molecular complexity index is 492. The van der Waals surface area contributed by atoms with Crippen molar-refractivity contribution in [2.24, 2.45) is 0 Å². The predicted octanol–water partition coefficient (Wildman–Crippen LogP) is 4.45. The van der Waals surface area contributed by atoms with Gasteiger partial charge in [-0.3, -0.25) is 0 Å².